The number of esters is 1. The molecular weight excluding hydrogens is 224 g/mol. The number of phenolic OH excluding ortho intramolecular Hbond substituents is 1. The summed E-state index contributed by atoms with van der Waals surface area (Å²) in [5, 5.41) is 9.45. The zero-order chi connectivity index (χ0) is 12.8. The van der Waals surface area contributed by atoms with Gasteiger partial charge in [-0.2, -0.15) is 0 Å². The molecule has 5 nitrogen and oxygen atoms in total. The van der Waals surface area contributed by atoms with Gasteiger partial charge in [0.1, 0.15) is 0 Å². The molecule has 1 aromatic rings. The second-order valence-electron chi connectivity index (χ2n) is 2.97. The van der Waals surface area contributed by atoms with Gasteiger partial charge in [-0.15, -0.1) is 0 Å². The largest absolute Gasteiger partial charge is 0.504 e. The van der Waals surface area contributed by atoms with Crippen LogP contribution in [-0.2, 0) is 9.53 Å². The highest BCUT2D eigenvalue weighted by atomic mass is 16.5. The highest BCUT2D eigenvalue weighted by Crippen LogP contribution is 2.28. The summed E-state index contributed by atoms with van der Waals surface area (Å²) in [6, 6.07) is 2.59. The summed E-state index contributed by atoms with van der Waals surface area (Å²) in [4.78, 5) is 21.6. The highest BCUT2D eigenvalue weighted by Gasteiger charge is 2.07. The van der Waals surface area contributed by atoms with Crippen LogP contribution in [0, 0.1) is 11.8 Å². The highest BCUT2D eigenvalue weighted by molar-refractivity contribution is 5.90. The van der Waals surface area contributed by atoms with Gasteiger partial charge in [-0.3, -0.25) is 4.79 Å². The molecule has 0 amide bonds. The van der Waals surface area contributed by atoms with Gasteiger partial charge in [0, 0.05) is 23.1 Å². The van der Waals surface area contributed by atoms with Gasteiger partial charge in [0.15, 0.2) is 17.8 Å². The summed E-state index contributed by atoms with van der Waals surface area (Å²) >= 11 is 0. The number of hydrogen-bond donors (Lipinski definition) is 1. The first-order valence-electron chi connectivity index (χ1n) is 4.58. The molecule has 0 bridgehead atoms. The Balaban J connectivity index is 3.24. The topological polar surface area (TPSA) is 72.8 Å². The average molecular weight is 234 g/mol. The molecule has 17 heavy (non-hydrogen) atoms. The van der Waals surface area contributed by atoms with Crippen LogP contribution in [0.25, 0.3) is 0 Å². The van der Waals surface area contributed by atoms with Gasteiger partial charge >= 0.3 is 5.97 Å². The summed E-state index contributed by atoms with van der Waals surface area (Å²) in [7, 11) is 2.57. The zero-order valence-corrected chi connectivity index (χ0v) is 9.31. The number of carbonyl (C=O) groups excluding carboxylic acids is 2. The lowest BCUT2D eigenvalue weighted by molar-refractivity contribution is -0.133. The van der Waals surface area contributed by atoms with Crippen molar-refractivity contribution in [3.8, 4) is 23.3 Å². The SMILES string of the molecule is COC(=O)C#Cc1cc(OC)c(O)cc1C=O. The van der Waals surface area contributed by atoms with E-state index in [9.17, 15) is 14.7 Å². The standard InChI is InChI=1S/C12H10O5/c1-16-11-6-8(3-4-12(15)17-2)9(7-13)5-10(11)14/h5-7,14H,1-2H3. The quantitative estimate of drug-likeness (QED) is 0.464. The van der Waals surface area contributed by atoms with Crippen LogP contribution >= 0.6 is 0 Å². The lowest BCUT2D eigenvalue weighted by Crippen LogP contribution is -1.96. The third kappa shape index (κ3) is 2.98. The Morgan fingerprint density at radius 3 is 2.65 bits per heavy atom. The maximum atomic E-state index is 10.8. The Kier molecular flexibility index (Phi) is 4.12. The Bertz CT molecular complexity index is 508. The second-order valence-corrected chi connectivity index (χ2v) is 2.97. The smallest absolute Gasteiger partial charge is 0.384 e. The molecule has 0 aliphatic heterocycles. The zero-order valence-electron chi connectivity index (χ0n) is 9.31. The van der Waals surface area contributed by atoms with E-state index in [-0.39, 0.29) is 22.6 Å². The molecule has 0 aromatic heterocycles. The van der Waals surface area contributed by atoms with Crippen molar-refractivity contribution in [3.63, 3.8) is 0 Å². The minimum absolute atomic E-state index is 0.166. The molecule has 88 valence electrons. The van der Waals surface area contributed by atoms with Crippen molar-refractivity contribution in [1.29, 1.82) is 0 Å². The van der Waals surface area contributed by atoms with Gasteiger partial charge in [-0.1, -0.05) is 5.92 Å². The van der Waals surface area contributed by atoms with Crippen molar-refractivity contribution < 1.29 is 24.2 Å². The van der Waals surface area contributed by atoms with Crippen LogP contribution in [0.1, 0.15) is 15.9 Å². The van der Waals surface area contributed by atoms with Gasteiger partial charge in [-0.05, 0) is 6.07 Å². The lowest BCUT2D eigenvalue weighted by atomic mass is 10.1. The fourth-order valence-electron chi connectivity index (χ4n) is 1.12. The summed E-state index contributed by atoms with van der Waals surface area (Å²) in [5.74, 6) is 3.95. The normalized spacial score (nSPS) is 8.82. The van der Waals surface area contributed by atoms with E-state index in [1.54, 1.807) is 0 Å². The molecule has 1 aromatic carbocycles. The monoisotopic (exact) mass is 234 g/mol. The number of ether oxygens (including phenoxy) is 2. The van der Waals surface area contributed by atoms with Gasteiger partial charge in [-0.25, -0.2) is 4.79 Å². The second kappa shape index (κ2) is 5.56. The summed E-state index contributed by atoms with van der Waals surface area (Å²) in [6.45, 7) is 0. The molecule has 0 spiro atoms. The number of hydrogen-bond acceptors (Lipinski definition) is 5. The molecule has 0 saturated carbocycles. The van der Waals surface area contributed by atoms with Crippen LogP contribution in [-0.4, -0.2) is 31.6 Å². The fraction of sp³-hybridized carbons (Fsp3) is 0.167. The van der Waals surface area contributed by atoms with Crippen LogP contribution in [0.4, 0.5) is 0 Å². The van der Waals surface area contributed by atoms with Gasteiger partial charge in [0.2, 0.25) is 0 Å². The Morgan fingerprint density at radius 2 is 2.12 bits per heavy atom. The Hall–Kier alpha value is -2.48. The predicted molar refractivity (Wildman–Crippen MR) is 58.9 cm³/mol. The fourth-order valence-corrected chi connectivity index (χ4v) is 1.12. The molecule has 0 atom stereocenters. The Labute approximate surface area is 98.0 Å². The summed E-state index contributed by atoms with van der Waals surface area (Å²) in [5.41, 5.74) is 0.444. The minimum Gasteiger partial charge on any atom is -0.504 e. The number of benzene rings is 1. The molecule has 5 heteroatoms. The molecule has 0 saturated heterocycles. The van der Waals surface area contributed by atoms with Crippen molar-refractivity contribution in [2.75, 3.05) is 14.2 Å². The predicted octanol–water partition coefficient (Wildman–Crippen LogP) is 0.738. The molecule has 0 heterocycles. The molecule has 0 unspecified atom stereocenters. The number of rotatable bonds is 2. The van der Waals surface area contributed by atoms with E-state index < -0.39 is 5.97 Å². The molecule has 0 aliphatic carbocycles. The van der Waals surface area contributed by atoms with E-state index in [1.807, 2.05) is 0 Å². The number of aldehydes is 1. The number of phenols is 1. The third-order valence-electron chi connectivity index (χ3n) is 1.96. The van der Waals surface area contributed by atoms with E-state index in [0.29, 0.717) is 6.29 Å². The van der Waals surface area contributed by atoms with E-state index in [4.69, 9.17) is 4.74 Å². The summed E-state index contributed by atoms with van der Waals surface area (Å²) in [6.07, 6.45) is 0.528. The van der Waals surface area contributed by atoms with Crippen LogP contribution in [0.15, 0.2) is 12.1 Å². The Morgan fingerprint density at radius 1 is 1.41 bits per heavy atom. The van der Waals surface area contributed by atoms with Crippen LogP contribution < -0.4 is 4.74 Å². The molecule has 0 fully saturated rings. The molecule has 1 N–H and O–H groups in total. The first-order chi connectivity index (χ1) is 8.12. The first-order valence-corrected chi connectivity index (χ1v) is 4.58. The average Bonchev–Trinajstić information content (AvgIpc) is 2.36. The minimum atomic E-state index is -0.714. The number of carbonyl (C=O) groups is 2. The lowest BCUT2D eigenvalue weighted by Gasteiger charge is -2.05. The van der Waals surface area contributed by atoms with Crippen molar-refractivity contribution >= 4 is 12.3 Å². The first kappa shape index (κ1) is 12.6. The van der Waals surface area contributed by atoms with Gasteiger partial charge in [0.05, 0.1) is 14.2 Å². The maximum absolute atomic E-state index is 10.8. The van der Waals surface area contributed by atoms with Gasteiger partial charge < -0.3 is 14.6 Å². The van der Waals surface area contributed by atoms with Crippen molar-refractivity contribution in [3.05, 3.63) is 23.3 Å². The van der Waals surface area contributed by atoms with E-state index in [1.165, 1.54) is 26.4 Å². The van der Waals surface area contributed by atoms with Crippen molar-refractivity contribution in [2.24, 2.45) is 0 Å². The molecule has 1 rings (SSSR count). The van der Waals surface area contributed by atoms with Crippen molar-refractivity contribution in [1.82, 2.24) is 0 Å². The third-order valence-corrected chi connectivity index (χ3v) is 1.96. The van der Waals surface area contributed by atoms with E-state index >= 15 is 0 Å². The van der Waals surface area contributed by atoms with Crippen LogP contribution in [0.3, 0.4) is 0 Å². The van der Waals surface area contributed by atoms with Gasteiger partial charge in [0.25, 0.3) is 0 Å². The van der Waals surface area contributed by atoms with E-state index in [2.05, 4.69) is 16.6 Å². The number of methoxy groups -OCH3 is 2. The molecule has 0 radical (unpaired) electrons. The maximum Gasteiger partial charge on any atom is 0.384 e. The molecule has 0 aliphatic rings. The van der Waals surface area contributed by atoms with E-state index in [0.717, 1.165) is 0 Å². The van der Waals surface area contributed by atoms with Crippen molar-refractivity contribution in [2.45, 2.75) is 0 Å². The summed E-state index contributed by atoms with van der Waals surface area (Å²) < 4.78 is 9.21. The van der Waals surface area contributed by atoms with Crippen LogP contribution in [0.5, 0.6) is 11.5 Å². The molecular formula is C12H10O5. The van der Waals surface area contributed by atoms with Crippen LogP contribution in [0.2, 0.25) is 0 Å². The number of aromatic hydroxyl groups is 1.